The number of hydrogen-bond donors (Lipinski definition) is 1. The topological polar surface area (TPSA) is 115 Å². The smallest absolute Gasteiger partial charge is 0.265 e. The van der Waals surface area contributed by atoms with Crippen molar-refractivity contribution in [2.75, 3.05) is 5.01 Å². The van der Waals surface area contributed by atoms with E-state index in [0.717, 1.165) is 11.2 Å². The molecule has 0 saturated heterocycles. The zero-order valence-electron chi connectivity index (χ0n) is 9.63. The number of nitrogens with zero attached hydrogens (tertiary/aromatic N) is 4. The van der Waals surface area contributed by atoms with Gasteiger partial charge in [-0.1, -0.05) is 6.07 Å². The molecular weight excluding hydrogens is 250 g/mol. The number of nitro groups is 1. The highest BCUT2D eigenvalue weighted by Gasteiger charge is 2.17. The van der Waals surface area contributed by atoms with Crippen LogP contribution in [0.5, 0.6) is 0 Å². The largest absolute Gasteiger partial charge is 0.292 e. The average Bonchev–Trinajstić information content (AvgIpc) is 2.46. The molecule has 96 valence electrons. The lowest BCUT2D eigenvalue weighted by Gasteiger charge is -2.14. The number of rotatable bonds is 3. The standard InChI is InChI=1S/C11H9N5O3/c12-15(11(17)9-3-1-2-6-13-9)10-5-4-8(7-14-10)16(18)19/h1-7H,12H2. The first-order chi connectivity index (χ1) is 9.09. The summed E-state index contributed by atoms with van der Waals surface area (Å²) in [6, 6.07) is 7.33. The Morgan fingerprint density at radius 2 is 2.05 bits per heavy atom. The van der Waals surface area contributed by atoms with Crippen molar-refractivity contribution in [3.63, 3.8) is 0 Å². The number of anilines is 1. The molecule has 0 aliphatic rings. The van der Waals surface area contributed by atoms with Crippen LogP contribution in [0, 0.1) is 10.1 Å². The predicted molar refractivity (Wildman–Crippen MR) is 66.1 cm³/mol. The van der Waals surface area contributed by atoms with Gasteiger partial charge in [-0.05, 0) is 18.2 Å². The van der Waals surface area contributed by atoms with Gasteiger partial charge in [0.25, 0.3) is 11.6 Å². The van der Waals surface area contributed by atoms with Gasteiger partial charge in [0.1, 0.15) is 11.9 Å². The van der Waals surface area contributed by atoms with Crippen LogP contribution in [0.4, 0.5) is 11.5 Å². The quantitative estimate of drug-likeness (QED) is 0.379. The second-order valence-corrected chi connectivity index (χ2v) is 3.52. The molecule has 8 heteroatoms. The molecule has 2 aromatic rings. The van der Waals surface area contributed by atoms with Gasteiger partial charge in [0.05, 0.1) is 4.92 Å². The first-order valence-electron chi connectivity index (χ1n) is 5.20. The van der Waals surface area contributed by atoms with Crippen LogP contribution >= 0.6 is 0 Å². The minimum absolute atomic E-state index is 0.0984. The molecule has 0 bridgehead atoms. The number of carbonyl (C=O) groups excluding carboxylic acids is 1. The summed E-state index contributed by atoms with van der Waals surface area (Å²) in [5.74, 6) is 5.15. The number of aromatic nitrogens is 2. The van der Waals surface area contributed by atoms with Gasteiger partial charge < -0.3 is 0 Å². The Labute approximate surface area is 107 Å². The van der Waals surface area contributed by atoms with E-state index in [9.17, 15) is 14.9 Å². The normalized spacial score (nSPS) is 9.95. The number of pyridine rings is 2. The summed E-state index contributed by atoms with van der Waals surface area (Å²) < 4.78 is 0. The van der Waals surface area contributed by atoms with E-state index < -0.39 is 10.8 Å². The maximum atomic E-state index is 11.9. The lowest BCUT2D eigenvalue weighted by Crippen LogP contribution is -2.38. The summed E-state index contributed by atoms with van der Waals surface area (Å²) in [7, 11) is 0. The first-order valence-corrected chi connectivity index (χ1v) is 5.20. The number of carbonyl (C=O) groups is 1. The van der Waals surface area contributed by atoms with Gasteiger partial charge in [-0.15, -0.1) is 0 Å². The van der Waals surface area contributed by atoms with Crippen LogP contribution in [0.3, 0.4) is 0 Å². The molecule has 0 spiro atoms. The highest BCUT2D eigenvalue weighted by molar-refractivity contribution is 6.03. The first kappa shape index (κ1) is 12.6. The van der Waals surface area contributed by atoms with Crippen molar-refractivity contribution in [3.05, 3.63) is 58.5 Å². The minimum Gasteiger partial charge on any atom is -0.265 e. The molecule has 2 rings (SSSR count). The molecule has 0 unspecified atom stereocenters. The second kappa shape index (κ2) is 5.19. The maximum Gasteiger partial charge on any atom is 0.292 e. The number of hydrazine groups is 1. The monoisotopic (exact) mass is 259 g/mol. The molecule has 0 aliphatic carbocycles. The van der Waals surface area contributed by atoms with E-state index in [2.05, 4.69) is 9.97 Å². The minimum atomic E-state index is -0.585. The zero-order chi connectivity index (χ0) is 13.8. The number of amides is 1. The summed E-state index contributed by atoms with van der Waals surface area (Å²) in [5, 5.41) is 11.3. The van der Waals surface area contributed by atoms with Crippen LogP contribution in [0.2, 0.25) is 0 Å². The highest BCUT2D eigenvalue weighted by Crippen LogP contribution is 2.14. The summed E-state index contributed by atoms with van der Waals surface area (Å²) in [4.78, 5) is 29.4. The Morgan fingerprint density at radius 3 is 2.58 bits per heavy atom. The lowest BCUT2D eigenvalue weighted by molar-refractivity contribution is -0.385. The third-order valence-electron chi connectivity index (χ3n) is 2.29. The predicted octanol–water partition coefficient (Wildman–Crippen LogP) is 0.905. The Morgan fingerprint density at radius 1 is 1.26 bits per heavy atom. The van der Waals surface area contributed by atoms with Gasteiger partial charge in [0.15, 0.2) is 5.82 Å². The molecule has 2 heterocycles. The van der Waals surface area contributed by atoms with Gasteiger partial charge in [0.2, 0.25) is 0 Å². The second-order valence-electron chi connectivity index (χ2n) is 3.52. The summed E-state index contributed by atoms with van der Waals surface area (Å²) >= 11 is 0. The van der Waals surface area contributed by atoms with Gasteiger partial charge in [-0.2, -0.15) is 0 Å². The van der Waals surface area contributed by atoms with Gasteiger partial charge in [-0.3, -0.25) is 19.9 Å². The van der Waals surface area contributed by atoms with E-state index in [4.69, 9.17) is 5.84 Å². The molecule has 19 heavy (non-hydrogen) atoms. The fraction of sp³-hybridized carbons (Fsp3) is 0. The van der Waals surface area contributed by atoms with E-state index in [0.29, 0.717) is 0 Å². The van der Waals surface area contributed by atoms with Gasteiger partial charge >= 0.3 is 0 Å². The fourth-order valence-corrected chi connectivity index (χ4v) is 1.35. The Hall–Kier alpha value is -2.87. The average molecular weight is 259 g/mol. The van der Waals surface area contributed by atoms with Crippen LogP contribution in [-0.2, 0) is 0 Å². The molecule has 0 radical (unpaired) electrons. The van der Waals surface area contributed by atoms with Crippen LogP contribution in [0.25, 0.3) is 0 Å². The lowest BCUT2D eigenvalue weighted by atomic mass is 10.3. The summed E-state index contributed by atoms with van der Waals surface area (Å²) in [5.41, 5.74) is -0.0208. The number of hydrogen-bond acceptors (Lipinski definition) is 6. The molecule has 0 saturated carbocycles. The molecular formula is C11H9N5O3. The van der Waals surface area contributed by atoms with Gasteiger partial charge in [-0.25, -0.2) is 15.8 Å². The third kappa shape index (κ3) is 2.69. The van der Waals surface area contributed by atoms with Crippen molar-refractivity contribution in [2.45, 2.75) is 0 Å². The molecule has 8 nitrogen and oxygen atoms in total. The van der Waals surface area contributed by atoms with Crippen molar-refractivity contribution < 1.29 is 9.72 Å². The van der Waals surface area contributed by atoms with Crippen LogP contribution < -0.4 is 10.9 Å². The van der Waals surface area contributed by atoms with Crippen molar-refractivity contribution in [1.29, 1.82) is 0 Å². The maximum absolute atomic E-state index is 11.9. The SMILES string of the molecule is NN(C(=O)c1ccccn1)c1ccc([N+](=O)[O-])cn1. The van der Waals surface area contributed by atoms with E-state index >= 15 is 0 Å². The van der Waals surface area contributed by atoms with E-state index in [1.165, 1.54) is 24.4 Å². The van der Waals surface area contributed by atoms with Crippen LogP contribution in [0.1, 0.15) is 10.5 Å². The van der Waals surface area contributed by atoms with Crippen molar-refractivity contribution in [1.82, 2.24) is 9.97 Å². The van der Waals surface area contributed by atoms with E-state index in [-0.39, 0.29) is 17.2 Å². The Bertz CT molecular complexity index is 599. The van der Waals surface area contributed by atoms with Crippen molar-refractivity contribution >= 4 is 17.4 Å². The highest BCUT2D eigenvalue weighted by atomic mass is 16.6. The molecule has 0 fully saturated rings. The third-order valence-corrected chi connectivity index (χ3v) is 2.29. The molecule has 0 atom stereocenters. The molecule has 2 N–H and O–H groups in total. The van der Waals surface area contributed by atoms with Crippen molar-refractivity contribution in [3.8, 4) is 0 Å². The summed E-state index contributed by atoms with van der Waals surface area (Å²) in [6.45, 7) is 0. The van der Waals surface area contributed by atoms with Gasteiger partial charge in [0, 0.05) is 12.3 Å². The zero-order valence-corrected chi connectivity index (χ0v) is 9.63. The van der Waals surface area contributed by atoms with Crippen LogP contribution in [0.15, 0.2) is 42.7 Å². The fourth-order valence-electron chi connectivity index (χ4n) is 1.35. The molecule has 0 aliphatic heterocycles. The van der Waals surface area contributed by atoms with Crippen LogP contribution in [-0.4, -0.2) is 20.8 Å². The molecule has 2 aromatic heterocycles. The van der Waals surface area contributed by atoms with E-state index in [1.807, 2.05) is 0 Å². The Balaban J connectivity index is 2.22. The number of nitrogens with two attached hydrogens (primary N) is 1. The Kier molecular flexibility index (Phi) is 3.44. The van der Waals surface area contributed by atoms with E-state index in [1.54, 1.807) is 12.1 Å². The molecule has 1 amide bonds. The van der Waals surface area contributed by atoms with Crippen molar-refractivity contribution in [2.24, 2.45) is 5.84 Å². The summed E-state index contributed by atoms with van der Waals surface area (Å²) in [6.07, 6.45) is 2.49. The molecule has 0 aromatic carbocycles.